The second-order valence-electron chi connectivity index (χ2n) is 5.52. The Morgan fingerprint density at radius 1 is 1.17 bits per heavy atom. The summed E-state index contributed by atoms with van der Waals surface area (Å²) in [5.74, 6) is -0.797. The Balaban J connectivity index is 2.65. The molecular weight excluding hydrogens is 306 g/mol. The van der Waals surface area contributed by atoms with Crippen molar-refractivity contribution in [3.8, 4) is 0 Å². The lowest BCUT2D eigenvalue weighted by Gasteiger charge is -2.20. The van der Waals surface area contributed by atoms with Crippen LogP contribution in [0, 0.1) is 20.2 Å². The number of carbonyl (C=O) groups is 1. The first-order valence-corrected chi connectivity index (χ1v) is 7.24. The third-order valence-electron chi connectivity index (χ3n) is 3.47. The molecule has 0 radical (unpaired) electrons. The fraction of sp³-hybridized carbons (Fsp3) is 0.500. The highest BCUT2D eigenvalue weighted by Crippen LogP contribution is 2.38. The van der Waals surface area contributed by atoms with E-state index >= 15 is 0 Å². The average Bonchev–Trinajstić information content (AvgIpc) is 2.98. The van der Waals surface area contributed by atoms with Gasteiger partial charge in [0.15, 0.2) is 0 Å². The van der Waals surface area contributed by atoms with Crippen LogP contribution in [0.25, 0.3) is 0 Å². The van der Waals surface area contributed by atoms with Gasteiger partial charge in [-0.25, -0.2) is 4.79 Å². The monoisotopic (exact) mass is 323 g/mol. The lowest BCUT2D eigenvalue weighted by Crippen LogP contribution is -2.23. The summed E-state index contributed by atoms with van der Waals surface area (Å²) >= 11 is 0. The van der Waals surface area contributed by atoms with E-state index in [2.05, 4.69) is 0 Å². The number of non-ortho nitro benzene ring substituents is 1. The molecule has 0 atom stereocenters. The van der Waals surface area contributed by atoms with Gasteiger partial charge in [-0.3, -0.25) is 20.2 Å². The summed E-state index contributed by atoms with van der Waals surface area (Å²) in [4.78, 5) is 34.9. The normalized spacial score (nSPS) is 14.1. The molecule has 0 aromatic heterocycles. The van der Waals surface area contributed by atoms with Crippen LogP contribution >= 0.6 is 0 Å². The highest BCUT2D eigenvalue weighted by atomic mass is 16.6. The molecule has 1 aromatic rings. The molecule has 0 saturated carbocycles. The zero-order valence-corrected chi connectivity index (χ0v) is 12.9. The predicted molar refractivity (Wildman–Crippen MR) is 81.7 cm³/mol. The van der Waals surface area contributed by atoms with E-state index in [0.29, 0.717) is 13.1 Å². The summed E-state index contributed by atoms with van der Waals surface area (Å²) in [5.41, 5.74) is -0.989. The Kier molecular flexibility index (Phi) is 4.77. The molecule has 2 rings (SSSR count). The molecule has 9 heteroatoms. The smallest absolute Gasteiger partial charge is 0.341 e. The van der Waals surface area contributed by atoms with Crippen molar-refractivity contribution in [2.75, 3.05) is 18.0 Å². The number of rotatable bonds is 5. The van der Waals surface area contributed by atoms with E-state index < -0.39 is 33.3 Å². The minimum Gasteiger partial charge on any atom is -0.459 e. The van der Waals surface area contributed by atoms with Crippen LogP contribution < -0.4 is 4.90 Å². The maximum absolute atomic E-state index is 12.3. The third-order valence-corrected chi connectivity index (χ3v) is 3.47. The van der Waals surface area contributed by atoms with Gasteiger partial charge in [0.05, 0.1) is 27.6 Å². The molecule has 1 heterocycles. The molecule has 0 bridgehead atoms. The number of hydrogen-bond acceptors (Lipinski definition) is 7. The van der Waals surface area contributed by atoms with Crippen LogP contribution in [0.1, 0.15) is 37.0 Å². The fourth-order valence-corrected chi connectivity index (χ4v) is 2.56. The van der Waals surface area contributed by atoms with Crippen molar-refractivity contribution in [2.24, 2.45) is 0 Å². The van der Waals surface area contributed by atoms with Gasteiger partial charge in [0.2, 0.25) is 0 Å². The molecule has 1 aliphatic heterocycles. The van der Waals surface area contributed by atoms with Gasteiger partial charge < -0.3 is 9.64 Å². The first-order chi connectivity index (χ1) is 10.8. The first-order valence-electron chi connectivity index (χ1n) is 7.24. The molecule has 1 fully saturated rings. The molecule has 1 saturated heterocycles. The van der Waals surface area contributed by atoms with Gasteiger partial charge in [0.25, 0.3) is 11.4 Å². The largest absolute Gasteiger partial charge is 0.459 e. The number of carbonyl (C=O) groups excluding carboxylic acids is 1. The lowest BCUT2D eigenvalue weighted by atomic mass is 10.1. The van der Waals surface area contributed by atoms with Crippen molar-refractivity contribution in [3.63, 3.8) is 0 Å². The summed E-state index contributed by atoms with van der Waals surface area (Å²) in [7, 11) is 0. The van der Waals surface area contributed by atoms with Crippen molar-refractivity contribution >= 4 is 23.0 Å². The standard InChI is InChI=1S/C14H17N3O6/c1-9(2)23-14(18)11-7-10(16(19)20)8-12(17(21)22)13(11)15-5-3-4-6-15/h7-9H,3-6H2,1-2H3. The van der Waals surface area contributed by atoms with E-state index in [9.17, 15) is 25.0 Å². The zero-order chi connectivity index (χ0) is 17.1. The van der Waals surface area contributed by atoms with E-state index in [1.807, 2.05) is 0 Å². The maximum Gasteiger partial charge on any atom is 0.341 e. The van der Waals surface area contributed by atoms with Gasteiger partial charge in [-0.1, -0.05) is 0 Å². The molecule has 1 aliphatic rings. The summed E-state index contributed by atoms with van der Waals surface area (Å²) in [6.45, 7) is 4.39. The maximum atomic E-state index is 12.3. The van der Waals surface area contributed by atoms with Crippen molar-refractivity contribution in [3.05, 3.63) is 37.9 Å². The zero-order valence-electron chi connectivity index (χ0n) is 12.9. The number of ether oxygens (including phenoxy) is 1. The van der Waals surface area contributed by atoms with Crippen LogP contribution in [0.15, 0.2) is 12.1 Å². The van der Waals surface area contributed by atoms with Crippen molar-refractivity contribution in [1.82, 2.24) is 0 Å². The molecule has 1 aromatic carbocycles. The van der Waals surface area contributed by atoms with Crippen molar-refractivity contribution in [2.45, 2.75) is 32.8 Å². The van der Waals surface area contributed by atoms with E-state index in [4.69, 9.17) is 4.74 Å². The quantitative estimate of drug-likeness (QED) is 0.464. The van der Waals surface area contributed by atoms with Crippen LogP contribution in [0.4, 0.5) is 17.1 Å². The van der Waals surface area contributed by atoms with E-state index in [1.165, 1.54) is 0 Å². The minimum atomic E-state index is -0.797. The first kappa shape index (κ1) is 16.7. The Morgan fingerprint density at radius 2 is 1.78 bits per heavy atom. The highest BCUT2D eigenvalue weighted by Gasteiger charge is 2.32. The molecular formula is C14H17N3O6. The molecule has 9 nitrogen and oxygen atoms in total. The van der Waals surface area contributed by atoms with Crippen molar-refractivity contribution < 1.29 is 19.4 Å². The minimum absolute atomic E-state index is 0.101. The van der Waals surface area contributed by atoms with E-state index in [0.717, 1.165) is 25.0 Å². The summed E-state index contributed by atoms with van der Waals surface area (Å²) in [5, 5.41) is 22.4. The SMILES string of the molecule is CC(C)OC(=O)c1cc([N+](=O)[O-])cc([N+](=O)[O-])c1N1CCCC1. The number of benzene rings is 1. The third kappa shape index (κ3) is 3.55. The molecule has 0 spiro atoms. The van der Waals surface area contributed by atoms with Gasteiger partial charge in [0, 0.05) is 19.2 Å². The fourth-order valence-electron chi connectivity index (χ4n) is 2.56. The molecule has 23 heavy (non-hydrogen) atoms. The van der Waals surface area contributed by atoms with Gasteiger partial charge in [-0.15, -0.1) is 0 Å². The van der Waals surface area contributed by atoms with Crippen LogP contribution in [0.3, 0.4) is 0 Å². The second-order valence-corrected chi connectivity index (χ2v) is 5.52. The Morgan fingerprint density at radius 3 is 2.26 bits per heavy atom. The van der Waals surface area contributed by atoms with Gasteiger partial charge in [0.1, 0.15) is 5.69 Å². The van der Waals surface area contributed by atoms with Crippen LogP contribution in [0.2, 0.25) is 0 Å². The number of nitrogens with zero attached hydrogens (tertiary/aromatic N) is 3. The summed E-state index contributed by atoms with van der Waals surface area (Å²) in [6, 6.07) is 1.94. The number of hydrogen-bond donors (Lipinski definition) is 0. The highest BCUT2D eigenvalue weighted by molar-refractivity contribution is 5.99. The number of nitro groups is 2. The van der Waals surface area contributed by atoms with Crippen molar-refractivity contribution in [1.29, 1.82) is 0 Å². The lowest BCUT2D eigenvalue weighted by molar-refractivity contribution is -0.393. The Labute approximate surface area is 132 Å². The predicted octanol–water partition coefficient (Wildman–Crippen LogP) is 2.67. The second kappa shape index (κ2) is 6.59. The topological polar surface area (TPSA) is 116 Å². The van der Waals surface area contributed by atoms with Gasteiger partial charge >= 0.3 is 5.97 Å². The molecule has 0 amide bonds. The molecule has 0 unspecified atom stereocenters. The number of anilines is 1. The van der Waals surface area contributed by atoms with Crippen LogP contribution in [0.5, 0.6) is 0 Å². The van der Waals surface area contributed by atoms with Crippen LogP contribution in [-0.2, 0) is 4.74 Å². The van der Waals surface area contributed by atoms with Crippen LogP contribution in [-0.4, -0.2) is 35.0 Å². The van der Waals surface area contributed by atoms with Gasteiger partial charge in [-0.05, 0) is 26.7 Å². The molecule has 0 aliphatic carbocycles. The number of nitro benzene ring substituents is 2. The summed E-state index contributed by atoms with van der Waals surface area (Å²) < 4.78 is 5.10. The summed E-state index contributed by atoms with van der Waals surface area (Å²) in [6.07, 6.45) is 1.24. The Bertz CT molecular complexity index is 652. The van der Waals surface area contributed by atoms with E-state index in [-0.39, 0.29) is 11.3 Å². The Hall–Kier alpha value is -2.71. The van der Waals surface area contributed by atoms with E-state index in [1.54, 1.807) is 18.7 Å². The average molecular weight is 323 g/mol. The number of esters is 1. The molecule has 0 N–H and O–H groups in total. The van der Waals surface area contributed by atoms with Gasteiger partial charge in [-0.2, -0.15) is 0 Å². The molecule has 124 valence electrons.